The van der Waals surface area contributed by atoms with Gasteiger partial charge in [0.1, 0.15) is 24.4 Å². The van der Waals surface area contributed by atoms with Crippen molar-refractivity contribution in [2.45, 2.75) is 56.6 Å². The number of hydrogen-bond acceptors (Lipinski definition) is 10. The molecular formula is C21H20F3N11O. The maximum absolute atomic E-state index is 12.9. The average molecular weight is 499 g/mol. The van der Waals surface area contributed by atoms with Crippen molar-refractivity contribution in [3.05, 3.63) is 54.5 Å². The van der Waals surface area contributed by atoms with E-state index in [1.54, 1.807) is 29.3 Å². The predicted octanol–water partition coefficient (Wildman–Crippen LogP) is 2.41. The minimum absolute atomic E-state index is 0.0826. The molecule has 0 amide bonds. The molecular weight excluding hydrogens is 479 g/mol. The van der Waals surface area contributed by atoms with Crippen LogP contribution in [-0.4, -0.2) is 62.2 Å². The first-order chi connectivity index (χ1) is 17.4. The number of alkyl halides is 3. The molecule has 4 aromatic rings. The zero-order chi connectivity index (χ0) is 24.7. The molecule has 2 atom stereocenters. The molecule has 2 aliphatic heterocycles. The standard InChI is InChI=1S/C21H20F3N11O/c22-21(23,24)13-7-26-20(27-8-13)34-15-1-2-16(34)6-17(5-15)35-29-9-14(30-35)11-36-18-3-4-19(25-10-18)33-12-28-31-32-33/h3-4,7-10,12,15-17H,1-2,5-6,11H2. The summed E-state index contributed by atoms with van der Waals surface area (Å²) in [4.78, 5) is 16.1. The summed E-state index contributed by atoms with van der Waals surface area (Å²) in [6.45, 7) is 0.233. The second-order valence-corrected chi connectivity index (χ2v) is 8.74. The van der Waals surface area contributed by atoms with Gasteiger partial charge in [-0.2, -0.15) is 32.8 Å². The Kier molecular flexibility index (Phi) is 5.45. The largest absolute Gasteiger partial charge is 0.486 e. The number of rotatable bonds is 6. The summed E-state index contributed by atoms with van der Waals surface area (Å²) < 4.78 is 45.8. The number of pyridine rings is 1. The van der Waals surface area contributed by atoms with Crippen LogP contribution >= 0.6 is 0 Å². The van der Waals surface area contributed by atoms with Gasteiger partial charge in [-0.1, -0.05) is 0 Å². The Balaban J connectivity index is 1.07. The number of anilines is 1. The molecule has 0 spiro atoms. The van der Waals surface area contributed by atoms with Crippen LogP contribution in [0, 0.1) is 0 Å². The van der Waals surface area contributed by atoms with E-state index in [9.17, 15) is 13.2 Å². The van der Waals surface area contributed by atoms with E-state index in [1.807, 2.05) is 0 Å². The Hall–Kier alpha value is -4.17. The van der Waals surface area contributed by atoms with Crippen LogP contribution in [0.1, 0.15) is 43.0 Å². The van der Waals surface area contributed by atoms with Crippen LogP contribution in [-0.2, 0) is 12.8 Å². The van der Waals surface area contributed by atoms with Crippen molar-refractivity contribution in [3.8, 4) is 11.6 Å². The molecule has 0 aliphatic carbocycles. The molecule has 2 unspecified atom stereocenters. The van der Waals surface area contributed by atoms with Gasteiger partial charge < -0.3 is 9.64 Å². The summed E-state index contributed by atoms with van der Waals surface area (Å²) in [5.41, 5.74) is -0.163. The zero-order valence-corrected chi connectivity index (χ0v) is 18.8. The minimum atomic E-state index is -4.45. The molecule has 0 N–H and O–H groups in total. The maximum Gasteiger partial charge on any atom is 0.419 e. The van der Waals surface area contributed by atoms with Crippen LogP contribution in [0.3, 0.4) is 0 Å². The molecule has 0 saturated carbocycles. The van der Waals surface area contributed by atoms with Crippen molar-refractivity contribution in [2.75, 3.05) is 4.90 Å². The Morgan fingerprint density at radius 1 is 0.944 bits per heavy atom. The van der Waals surface area contributed by atoms with E-state index >= 15 is 0 Å². The number of nitrogens with zero attached hydrogens (tertiary/aromatic N) is 11. The van der Waals surface area contributed by atoms with Crippen molar-refractivity contribution in [3.63, 3.8) is 0 Å². The Morgan fingerprint density at radius 2 is 1.72 bits per heavy atom. The Morgan fingerprint density at radius 3 is 2.36 bits per heavy atom. The summed E-state index contributed by atoms with van der Waals surface area (Å²) in [7, 11) is 0. The number of halogens is 3. The fraction of sp³-hybridized carbons (Fsp3) is 0.429. The first-order valence-corrected chi connectivity index (χ1v) is 11.3. The predicted molar refractivity (Wildman–Crippen MR) is 116 cm³/mol. The summed E-state index contributed by atoms with van der Waals surface area (Å²) in [5, 5.41) is 20.0. The molecule has 6 rings (SSSR count). The van der Waals surface area contributed by atoms with Gasteiger partial charge in [0.25, 0.3) is 0 Å². The molecule has 2 fully saturated rings. The number of fused-ring (bicyclic) bond motifs is 2. The first-order valence-electron chi connectivity index (χ1n) is 11.3. The number of hydrogen-bond donors (Lipinski definition) is 0. The molecule has 12 nitrogen and oxygen atoms in total. The second-order valence-electron chi connectivity index (χ2n) is 8.74. The molecule has 15 heteroatoms. The van der Waals surface area contributed by atoms with Crippen molar-refractivity contribution < 1.29 is 17.9 Å². The monoisotopic (exact) mass is 499 g/mol. The van der Waals surface area contributed by atoms with Gasteiger partial charge in [0, 0.05) is 24.5 Å². The van der Waals surface area contributed by atoms with E-state index < -0.39 is 11.7 Å². The van der Waals surface area contributed by atoms with Gasteiger partial charge in [0.2, 0.25) is 5.95 Å². The highest BCUT2D eigenvalue weighted by Crippen LogP contribution is 2.42. The van der Waals surface area contributed by atoms with Gasteiger partial charge >= 0.3 is 6.18 Å². The van der Waals surface area contributed by atoms with E-state index in [0.717, 1.165) is 38.1 Å². The summed E-state index contributed by atoms with van der Waals surface area (Å²) in [6.07, 6.45) is 5.34. The van der Waals surface area contributed by atoms with Gasteiger partial charge in [0.15, 0.2) is 5.82 Å². The molecule has 186 valence electrons. The number of tetrazole rings is 1. The summed E-state index contributed by atoms with van der Waals surface area (Å²) in [6, 6.07) is 3.85. The molecule has 0 radical (unpaired) electrons. The number of ether oxygens (including phenoxy) is 1. The van der Waals surface area contributed by atoms with Gasteiger partial charge in [-0.15, -0.1) is 5.10 Å². The van der Waals surface area contributed by atoms with Crippen LogP contribution in [0.4, 0.5) is 19.1 Å². The third-order valence-electron chi connectivity index (χ3n) is 6.48. The smallest absolute Gasteiger partial charge is 0.419 e. The molecule has 0 aromatic carbocycles. The van der Waals surface area contributed by atoms with Crippen LogP contribution in [0.2, 0.25) is 0 Å². The van der Waals surface area contributed by atoms with E-state index in [2.05, 4.69) is 45.6 Å². The van der Waals surface area contributed by atoms with Gasteiger partial charge in [-0.3, -0.25) is 0 Å². The lowest BCUT2D eigenvalue weighted by molar-refractivity contribution is -0.138. The normalized spacial score (nSPS) is 21.6. The third kappa shape index (κ3) is 4.31. The lowest BCUT2D eigenvalue weighted by Gasteiger charge is -2.38. The molecule has 2 bridgehead atoms. The zero-order valence-electron chi connectivity index (χ0n) is 18.8. The highest BCUT2D eigenvalue weighted by Gasteiger charge is 2.43. The first kappa shape index (κ1) is 22.3. The average Bonchev–Trinajstić information content (AvgIpc) is 3.63. The molecule has 2 aliphatic rings. The SMILES string of the molecule is FC(F)(F)c1cnc(N2C3CCC2CC(n2ncc(COc4ccc(-n5cnnn5)nc4)n2)C3)nc1. The fourth-order valence-electron chi connectivity index (χ4n) is 4.83. The van der Waals surface area contributed by atoms with Crippen LogP contribution in [0.15, 0.2) is 43.2 Å². The van der Waals surface area contributed by atoms with Crippen LogP contribution in [0.5, 0.6) is 5.75 Å². The van der Waals surface area contributed by atoms with E-state index in [0.29, 0.717) is 23.2 Å². The van der Waals surface area contributed by atoms with Crippen molar-refractivity contribution in [2.24, 2.45) is 0 Å². The topological polar surface area (TPSA) is 125 Å². The Bertz CT molecular complexity index is 1290. The van der Waals surface area contributed by atoms with Gasteiger partial charge in [0.05, 0.1) is 24.0 Å². The maximum atomic E-state index is 12.9. The highest BCUT2D eigenvalue weighted by atomic mass is 19.4. The number of aromatic nitrogens is 10. The molecule has 4 aromatic heterocycles. The highest BCUT2D eigenvalue weighted by molar-refractivity contribution is 5.38. The van der Waals surface area contributed by atoms with E-state index in [4.69, 9.17) is 4.74 Å². The lowest BCUT2D eigenvalue weighted by atomic mass is 9.98. The van der Waals surface area contributed by atoms with Crippen LogP contribution in [0.25, 0.3) is 5.82 Å². The lowest BCUT2D eigenvalue weighted by Crippen LogP contribution is -2.44. The van der Waals surface area contributed by atoms with Crippen LogP contribution < -0.4 is 9.64 Å². The van der Waals surface area contributed by atoms with Crippen molar-refractivity contribution >= 4 is 5.95 Å². The van der Waals surface area contributed by atoms with E-state index in [1.165, 1.54) is 11.0 Å². The van der Waals surface area contributed by atoms with Crippen molar-refractivity contribution in [1.82, 2.24) is 50.2 Å². The second kappa shape index (κ2) is 8.80. The van der Waals surface area contributed by atoms with Gasteiger partial charge in [-0.25, -0.2) is 15.0 Å². The minimum Gasteiger partial charge on any atom is -0.486 e. The molecule has 36 heavy (non-hydrogen) atoms. The molecule has 6 heterocycles. The number of piperidine rings is 1. The van der Waals surface area contributed by atoms with Crippen molar-refractivity contribution in [1.29, 1.82) is 0 Å². The summed E-state index contributed by atoms with van der Waals surface area (Å²) >= 11 is 0. The van der Waals surface area contributed by atoms with E-state index in [-0.39, 0.29) is 24.7 Å². The quantitative estimate of drug-likeness (QED) is 0.390. The Labute approximate surface area is 202 Å². The third-order valence-corrected chi connectivity index (χ3v) is 6.48. The summed E-state index contributed by atoms with van der Waals surface area (Å²) in [5.74, 6) is 1.49. The van der Waals surface area contributed by atoms with Gasteiger partial charge in [-0.05, 0) is 48.2 Å². The fourth-order valence-corrected chi connectivity index (χ4v) is 4.83. The molecule has 2 saturated heterocycles.